The zero-order valence-corrected chi connectivity index (χ0v) is 23.5. The fourth-order valence-corrected chi connectivity index (χ4v) is 9.48. The van der Waals surface area contributed by atoms with Crippen LogP contribution in [0, 0.1) is 5.92 Å². The Kier molecular flexibility index (Phi) is 10.3. The molecular weight excluding hydrogens is 460 g/mol. The molecule has 3 nitrogen and oxygen atoms in total. The SMILES string of the molecule is C/C(=C\CCOCc1ccccc1)[C@H](O)[C@@H](C)CO[Si](c1ccccc1)(c1ccccc1)C(C)(C)C. The lowest BCUT2D eigenvalue weighted by Gasteiger charge is -2.43. The van der Waals surface area contributed by atoms with Crippen molar-refractivity contribution in [3.05, 3.63) is 108 Å². The van der Waals surface area contributed by atoms with Gasteiger partial charge < -0.3 is 14.3 Å². The Bertz CT molecular complexity index is 1020. The van der Waals surface area contributed by atoms with E-state index in [1.807, 2.05) is 25.1 Å². The first-order valence-corrected chi connectivity index (χ1v) is 14.9. The van der Waals surface area contributed by atoms with Gasteiger partial charge in [0.1, 0.15) is 0 Å². The second-order valence-corrected chi connectivity index (χ2v) is 15.0. The van der Waals surface area contributed by atoms with Gasteiger partial charge in [0.2, 0.25) is 0 Å². The van der Waals surface area contributed by atoms with Crippen molar-refractivity contribution in [2.45, 2.75) is 58.8 Å². The normalized spacial score (nSPS) is 14.4. The van der Waals surface area contributed by atoms with Crippen molar-refractivity contribution in [2.24, 2.45) is 5.92 Å². The highest BCUT2D eigenvalue weighted by Gasteiger charge is 2.50. The predicted octanol–water partition coefficient (Wildman–Crippen LogP) is 6.11. The summed E-state index contributed by atoms with van der Waals surface area (Å²) in [7, 11) is -2.61. The molecule has 2 atom stereocenters. The van der Waals surface area contributed by atoms with Gasteiger partial charge in [-0.15, -0.1) is 0 Å². The number of hydrogen-bond acceptors (Lipinski definition) is 3. The Labute approximate surface area is 218 Å². The molecular formula is C32H42O3Si. The molecule has 0 aliphatic heterocycles. The van der Waals surface area contributed by atoms with Gasteiger partial charge in [-0.1, -0.05) is 125 Å². The van der Waals surface area contributed by atoms with Crippen LogP contribution in [-0.4, -0.2) is 32.7 Å². The summed E-state index contributed by atoms with van der Waals surface area (Å²) in [5, 5.41) is 13.5. The molecule has 0 saturated heterocycles. The number of aliphatic hydroxyl groups excluding tert-OH is 1. The molecule has 1 N–H and O–H groups in total. The molecule has 0 saturated carbocycles. The van der Waals surface area contributed by atoms with E-state index < -0.39 is 14.4 Å². The van der Waals surface area contributed by atoms with Crippen molar-refractivity contribution in [1.29, 1.82) is 0 Å². The Morgan fingerprint density at radius 3 is 1.86 bits per heavy atom. The van der Waals surface area contributed by atoms with E-state index in [1.54, 1.807) is 0 Å². The van der Waals surface area contributed by atoms with Crippen LogP contribution >= 0.6 is 0 Å². The molecule has 0 unspecified atom stereocenters. The molecule has 3 rings (SSSR count). The molecule has 3 aromatic rings. The molecule has 0 aromatic heterocycles. The van der Waals surface area contributed by atoms with E-state index in [0.717, 1.165) is 12.0 Å². The van der Waals surface area contributed by atoms with Gasteiger partial charge in [0.25, 0.3) is 8.32 Å². The average Bonchev–Trinajstić information content (AvgIpc) is 2.89. The molecule has 192 valence electrons. The van der Waals surface area contributed by atoms with Crippen molar-refractivity contribution in [2.75, 3.05) is 13.2 Å². The van der Waals surface area contributed by atoms with E-state index in [1.165, 1.54) is 15.9 Å². The summed E-state index contributed by atoms with van der Waals surface area (Å²) >= 11 is 0. The lowest BCUT2D eigenvalue weighted by atomic mass is 9.98. The van der Waals surface area contributed by atoms with E-state index in [0.29, 0.717) is 19.8 Å². The second-order valence-electron chi connectivity index (χ2n) is 10.7. The average molecular weight is 503 g/mol. The Morgan fingerprint density at radius 1 is 0.861 bits per heavy atom. The molecule has 3 aromatic carbocycles. The zero-order chi connectivity index (χ0) is 26.0. The summed E-state index contributed by atoms with van der Waals surface area (Å²) in [6.45, 7) is 12.6. The molecule has 0 spiro atoms. The van der Waals surface area contributed by atoms with Crippen LogP contribution in [0.4, 0.5) is 0 Å². The lowest BCUT2D eigenvalue weighted by Crippen LogP contribution is -2.67. The third-order valence-corrected chi connectivity index (χ3v) is 11.8. The molecule has 4 heteroatoms. The van der Waals surface area contributed by atoms with Crippen molar-refractivity contribution < 1.29 is 14.3 Å². The first kappa shape index (κ1) is 28.1. The van der Waals surface area contributed by atoms with Gasteiger partial charge in [-0.05, 0) is 39.9 Å². The van der Waals surface area contributed by atoms with E-state index in [4.69, 9.17) is 9.16 Å². The quantitative estimate of drug-likeness (QED) is 0.184. The van der Waals surface area contributed by atoms with Crippen LogP contribution < -0.4 is 10.4 Å². The maximum absolute atomic E-state index is 11.1. The van der Waals surface area contributed by atoms with Gasteiger partial charge in [0.15, 0.2) is 0 Å². The predicted molar refractivity (Wildman–Crippen MR) is 153 cm³/mol. The van der Waals surface area contributed by atoms with Crippen LogP contribution in [0.5, 0.6) is 0 Å². The maximum atomic E-state index is 11.1. The van der Waals surface area contributed by atoms with Crippen molar-refractivity contribution in [3.63, 3.8) is 0 Å². The molecule has 0 amide bonds. The number of aliphatic hydroxyl groups is 1. The Morgan fingerprint density at radius 2 is 1.36 bits per heavy atom. The van der Waals surface area contributed by atoms with E-state index >= 15 is 0 Å². The maximum Gasteiger partial charge on any atom is 0.261 e. The van der Waals surface area contributed by atoms with Crippen molar-refractivity contribution >= 4 is 18.7 Å². The number of benzene rings is 3. The highest BCUT2D eigenvalue weighted by atomic mass is 28.4. The molecule has 0 radical (unpaired) electrons. The minimum Gasteiger partial charge on any atom is -0.407 e. The first-order valence-electron chi connectivity index (χ1n) is 13.0. The highest BCUT2D eigenvalue weighted by molar-refractivity contribution is 6.99. The number of ether oxygens (including phenoxy) is 1. The van der Waals surface area contributed by atoms with Crippen LogP contribution in [-0.2, 0) is 15.8 Å². The summed E-state index contributed by atoms with van der Waals surface area (Å²) in [6.07, 6.45) is 2.31. The summed E-state index contributed by atoms with van der Waals surface area (Å²) < 4.78 is 12.8. The van der Waals surface area contributed by atoms with Crippen LogP contribution in [0.15, 0.2) is 103 Å². The third-order valence-electron chi connectivity index (χ3n) is 6.83. The number of hydrogen-bond donors (Lipinski definition) is 1. The van der Waals surface area contributed by atoms with Crippen molar-refractivity contribution in [3.8, 4) is 0 Å². The summed E-state index contributed by atoms with van der Waals surface area (Å²) in [5.41, 5.74) is 2.14. The summed E-state index contributed by atoms with van der Waals surface area (Å²) in [5.74, 6) is -0.0341. The molecule has 0 aliphatic rings. The van der Waals surface area contributed by atoms with Crippen LogP contribution in [0.2, 0.25) is 5.04 Å². The first-order chi connectivity index (χ1) is 17.3. The third kappa shape index (κ3) is 7.04. The van der Waals surface area contributed by atoms with Gasteiger partial charge >= 0.3 is 0 Å². The standard InChI is InChI=1S/C32H42O3Si/c1-26(16-15-23-34-25-28-17-9-6-10-18-28)31(33)27(2)24-35-36(32(3,4)5,29-19-11-7-12-20-29)30-21-13-8-14-22-30/h6-14,16-22,27,31,33H,15,23-25H2,1-5H3/b26-16+/t27-,31-/m0/s1. The van der Waals surface area contributed by atoms with Gasteiger partial charge in [0.05, 0.1) is 19.3 Å². The zero-order valence-electron chi connectivity index (χ0n) is 22.5. The van der Waals surface area contributed by atoms with Crippen molar-refractivity contribution in [1.82, 2.24) is 0 Å². The minimum atomic E-state index is -2.61. The lowest BCUT2D eigenvalue weighted by molar-refractivity contribution is 0.106. The Hall–Kier alpha value is -2.50. The minimum absolute atomic E-state index is 0.0341. The summed E-state index contributed by atoms with van der Waals surface area (Å²) in [6, 6.07) is 31.5. The molecule has 0 aliphatic carbocycles. The second kappa shape index (κ2) is 13.2. The van der Waals surface area contributed by atoms with Crippen LogP contribution in [0.1, 0.15) is 46.6 Å². The van der Waals surface area contributed by atoms with Crippen LogP contribution in [0.3, 0.4) is 0 Å². The van der Waals surface area contributed by atoms with Crippen LogP contribution in [0.25, 0.3) is 0 Å². The number of rotatable bonds is 12. The monoisotopic (exact) mass is 502 g/mol. The topological polar surface area (TPSA) is 38.7 Å². The molecule has 36 heavy (non-hydrogen) atoms. The van der Waals surface area contributed by atoms with E-state index in [2.05, 4.69) is 107 Å². The smallest absolute Gasteiger partial charge is 0.261 e. The Balaban J connectivity index is 1.67. The molecule has 0 heterocycles. The fraction of sp³-hybridized carbons (Fsp3) is 0.375. The highest BCUT2D eigenvalue weighted by Crippen LogP contribution is 2.37. The van der Waals surface area contributed by atoms with Gasteiger partial charge in [-0.2, -0.15) is 0 Å². The largest absolute Gasteiger partial charge is 0.407 e. The fourth-order valence-electron chi connectivity index (χ4n) is 4.81. The van der Waals surface area contributed by atoms with Gasteiger partial charge in [-0.3, -0.25) is 0 Å². The van der Waals surface area contributed by atoms with Gasteiger partial charge in [0, 0.05) is 12.5 Å². The molecule has 0 bridgehead atoms. The van der Waals surface area contributed by atoms with E-state index in [9.17, 15) is 5.11 Å². The van der Waals surface area contributed by atoms with Gasteiger partial charge in [-0.25, -0.2) is 0 Å². The molecule has 0 fully saturated rings. The van der Waals surface area contributed by atoms with E-state index in [-0.39, 0.29) is 11.0 Å². The summed E-state index contributed by atoms with van der Waals surface area (Å²) in [4.78, 5) is 0.